The van der Waals surface area contributed by atoms with E-state index >= 15 is 0 Å². The van der Waals surface area contributed by atoms with Crippen molar-refractivity contribution >= 4 is 21.4 Å². The van der Waals surface area contributed by atoms with Crippen LogP contribution < -0.4 is 4.90 Å². The molecule has 1 unspecified atom stereocenters. The number of halogens is 1. The number of benzene rings is 2. The predicted octanol–water partition coefficient (Wildman–Crippen LogP) is 3.04. The molecule has 1 heterocycles. The van der Waals surface area contributed by atoms with Crippen LogP contribution in [0.1, 0.15) is 18.9 Å². The molecule has 1 atom stereocenters. The second-order valence-corrected chi connectivity index (χ2v) is 9.41. The van der Waals surface area contributed by atoms with Gasteiger partial charge in [-0.25, -0.2) is 12.8 Å². The molecule has 0 saturated carbocycles. The minimum atomic E-state index is -3.86. The molecule has 1 amide bonds. The van der Waals surface area contributed by atoms with Crippen molar-refractivity contribution in [2.24, 2.45) is 0 Å². The van der Waals surface area contributed by atoms with Gasteiger partial charge in [0, 0.05) is 31.9 Å². The normalized spacial score (nSPS) is 16.5. The number of hydrogen-bond donors (Lipinski definition) is 0. The largest absolute Gasteiger partial charge is 0.370 e. The summed E-state index contributed by atoms with van der Waals surface area (Å²) in [6.45, 7) is 5.89. The van der Waals surface area contributed by atoms with E-state index in [9.17, 15) is 17.6 Å². The van der Waals surface area contributed by atoms with E-state index in [0.29, 0.717) is 19.6 Å². The number of aryl methyl sites for hydroxylation is 1. The van der Waals surface area contributed by atoms with Crippen LogP contribution in [0.4, 0.5) is 10.1 Å². The summed E-state index contributed by atoms with van der Waals surface area (Å²) in [6, 6.07) is 12.8. The van der Waals surface area contributed by atoms with E-state index in [-0.39, 0.29) is 4.90 Å². The summed E-state index contributed by atoms with van der Waals surface area (Å²) in [7, 11) is -3.86. The van der Waals surface area contributed by atoms with Gasteiger partial charge in [0.1, 0.15) is 11.1 Å². The van der Waals surface area contributed by atoms with Crippen LogP contribution in [-0.2, 0) is 14.6 Å². The van der Waals surface area contributed by atoms with E-state index in [1.165, 1.54) is 24.6 Å². The molecule has 5 nitrogen and oxygen atoms in total. The fourth-order valence-electron chi connectivity index (χ4n) is 3.37. The average Bonchev–Trinajstić information content (AvgIpc) is 2.94. The van der Waals surface area contributed by atoms with Gasteiger partial charge < -0.3 is 9.80 Å². The Morgan fingerprint density at radius 1 is 0.964 bits per heavy atom. The third kappa shape index (κ3) is 4.35. The molecular formula is C21H25FN2O3S. The minimum Gasteiger partial charge on any atom is -0.370 e. The van der Waals surface area contributed by atoms with Crippen LogP contribution in [0.15, 0.2) is 53.4 Å². The highest BCUT2D eigenvalue weighted by molar-refractivity contribution is 7.92. The number of nitrogens with zero attached hydrogens (tertiary/aromatic N) is 2. The lowest BCUT2D eigenvalue weighted by molar-refractivity contribution is -0.130. The standard InChI is InChI=1S/C21H25FN2O3S/c1-16-4-8-19(9-5-16)23-12-3-13-24(15-14-23)21(25)17(2)28(26,27)20-10-6-18(22)7-11-20/h4-11,17H,3,12-15H2,1-2H3. The first kappa shape index (κ1) is 20.3. The highest BCUT2D eigenvalue weighted by Crippen LogP contribution is 2.21. The van der Waals surface area contributed by atoms with Crippen LogP contribution in [-0.4, -0.2) is 50.7 Å². The van der Waals surface area contributed by atoms with Gasteiger partial charge in [-0.3, -0.25) is 4.79 Å². The Balaban J connectivity index is 1.70. The number of carbonyl (C=O) groups is 1. The molecule has 0 N–H and O–H groups in total. The third-order valence-electron chi connectivity index (χ3n) is 5.16. The quantitative estimate of drug-likeness (QED) is 0.735. The molecule has 2 aromatic rings. The number of hydrogen-bond acceptors (Lipinski definition) is 4. The van der Waals surface area contributed by atoms with Gasteiger partial charge >= 0.3 is 0 Å². The highest BCUT2D eigenvalue weighted by Gasteiger charge is 2.33. The Kier molecular flexibility index (Phi) is 6.03. The van der Waals surface area contributed by atoms with E-state index in [4.69, 9.17) is 0 Å². The molecule has 1 aliphatic heterocycles. The van der Waals surface area contributed by atoms with Crippen LogP contribution in [0.3, 0.4) is 0 Å². The predicted molar refractivity (Wildman–Crippen MR) is 108 cm³/mol. The second-order valence-electron chi connectivity index (χ2n) is 7.14. The summed E-state index contributed by atoms with van der Waals surface area (Å²) in [5.41, 5.74) is 2.29. The number of sulfone groups is 1. The second kappa shape index (κ2) is 8.31. The minimum absolute atomic E-state index is 0.0362. The Morgan fingerprint density at radius 2 is 1.61 bits per heavy atom. The van der Waals surface area contributed by atoms with E-state index < -0.39 is 26.8 Å². The summed E-state index contributed by atoms with van der Waals surface area (Å²) in [5.74, 6) is -0.920. The van der Waals surface area contributed by atoms with Crippen molar-refractivity contribution in [3.05, 3.63) is 59.9 Å². The van der Waals surface area contributed by atoms with Gasteiger partial charge in [0.25, 0.3) is 0 Å². The Labute approximate surface area is 165 Å². The topological polar surface area (TPSA) is 57.7 Å². The summed E-state index contributed by atoms with van der Waals surface area (Å²) < 4.78 is 38.6. The summed E-state index contributed by atoms with van der Waals surface area (Å²) in [5, 5.41) is -1.20. The molecule has 1 aliphatic rings. The lowest BCUT2D eigenvalue weighted by Crippen LogP contribution is -2.43. The van der Waals surface area contributed by atoms with Gasteiger partial charge in [0.05, 0.1) is 4.90 Å². The van der Waals surface area contributed by atoms with Crippen molar-refractivity contribution < 1.29 is 17.6 Å². The van der Waals surface area contributed by atoms with Crippen molar-refractivity contribution in [1.82, 2.24) is 4.90 Å². The molecule has 28 heavy (non-hydrogen) atoms. The smallest absolute Gasteiger partial charge is 0.241 e. The maximum absolute atomic E-state index is 13.1. The van der Waals surface area contributed by atoms with Crippen molar-refractivity contribution in [2.75, 3.05) is 31.1 Å². The van der Waals surface area contributed by atoms with Gasteiger partial charge in [-0.2, -0.15) is 0 Å². The van der Waals surface area contributed by atoms with Crippen LogP contribution in [0.2, 0.25) is 0 Å². The molecule has 1 fully saturated rings. The van der Waals surface area contributed by atoms with Gasteiger partial charge in [-0.05, 0) is 56.7 Å². The molecule has 0 aliphatic carbocycles. The van der Waals surface area contributed by atoms with Crippen LogP contribution in [0.25, 0.3) is 0 Å². The molecule has 0 radical (unpaired) electrons. The van der Waals surface area contributed by atoms with Crippen LogP contribution in [0, 0.1) is 12.7 Å². The van der Waals surface area contributed by atoms with E-state index in [2.05, 4.69) is 29.2 Å². The SMILES string of the molecule is Cc1ccc(N2CCCN(C(=O)C(C)S(=O)(=O)c3ccc(F)cc3)CC2)cc1. The van der Waals surface area contributed by atoms with Crippen LogP contribution in [0.5, 0.6) is 0 Å². The molecule has 0 bridgehead atoms. The van der Waals surface area contributed by atoms with Gasteiger partial charge in [0.2, 0.25) is 5.91 Å². The fraction of sp³-hybridized carbons (Fsp3) is 0.381. The fourth-order valence-corrected chi connectivity index (χ4v) is 4.71. The van der Waals surface area contributed by atoms with Gasteiger partial charge in [-0.1, -0.05) is 17.7 Å². The Morgan fingerprint density at radius 3 is 2.25 bits per heavy atom. The Bertz CT molecular complexity index is 927. The molecule has 3 rings (SSSR count). The monoisotopic (exact) mass is 404 g/mol. The van der Waals surface area contributed by atoms with E-state index in [1.54, 1.807) is 4.90 Å². The van der Waals surface area contributed by atoms with Crippen LogP contribution >= 0.6 is 0 Å². The lowest BCUT2D eigenvalue weighted by Gasteiger charge is -2.25. The highest BCUT2D eigenvalue weighted by atomic mass is 32.2. The van der Waals surface area contributed by atoms with Gasteiger partial charge in [-0.15, -0.1) is 0 Å². The van der Waals surface area contributed by atoms with Crippen molar-refractivity contribution in [3.63, 3.8) is 0 Å². The first-order valence-electron chi connectivity index (χ1n) is 9.39. The zero-order chi connectivity index (χ0) is 20.3. The van der Waals surface area contributed by atoms with Gasteiger partial charge in [0.15, 0.2) is 9.84 Å². The number of carbonyl (C=O) groups excluding carboxylic acids is 1. The maximum atomic E-state index is 13.1. The van der Waals surface area contributed by atoms with E-state index in [1.807, 2.05) is 6.92 Å². The first-order valence-corrected chi connectivity index (χ1v) is 10.9. The number of rotatable bonds is 4. The maximum Gasteiger partial charge on any atom is 0.241 e. The van der Waals surface area contributed by atoms with E-state index in [0.717, 1.165) is 30.8 Å². The number of anilines is 1. The average molecular weight is 405 g/mol. The molecule has 1 saturated heterocycles. The lowest BCUT2D eigenvalue weighted by atomic mass is 10.2. The summed E-state index contributed by atoms with van der Waals surface area (Å²) in [4.78, 5) is 16.7. The number of amides is 1. The zero-order valence-electron chi connectivity index (χ0n) is 16.1. The third-order valence-corrected chi connectivity index (χ3v) is 7.22. The summed E-state index contributed by atoms with van der Waals surface area (Å²) >= 11 is 0. The molecule has 2 aromatic carbocycles. The summed E-state index contributed by atoms with van der Waals surface area (Å²) in [6.07, 6.45) is 0.767. The van der Waals surface area contributed by atoms with Crippen molar-refractivity contribution in [3.8, 4) is 0 Å². The zero-order valence-corrected chi connectivity index (χ0v) is 17.0. The Hall–Kier alpha value is -2.41. The molecule has 0 spiro atoms. The van der Waals surface area contributed by atoms with Crippen molar-refractivity contribution in [1.29, 1.82) is 0 Å². The molecule has 0 aromatic heterocycles. The molecular weight excluding hydrogens is 379 g/mol. The molecule has 150 valence electrons. The first-order chi connectivity index (χ1) is 13.3. The van der Waals surface area contributed by atoms with Crippen molar-refractivity contribution in [2.45, 2.75) is 30.4 Å². The molecule has 7 heteroatoms.